The molecule has 0 fully saturated rings. The fraction of sp³-hybridized carbons (Fsp3) is 0.111. The summed E-state index contributed by atoms with van der Waals surface area (Å²) in [6.45, 7) is 3.00. The number of aryl methyl sites for hydroxylation is 1. The number of nitrogens with zero attached hydrogens (tertiary/aromatic N) is 1. The van der Waals surface area contributed by atoms with Crippen LogP contribution in [0.25, 0.3) is 21.8 Å². The van der Waals surface area contributed by atoms with Crippen molar-refractivity contribution in [2.24, 2.45) is 0 Å². The van der Waals surface area contributed by atoms with E-state index in [1.807, 2.05) is 66.7 Å². The molecule has 7 heteroatoms. The molecule has 214 valence electrons. The zero-order chi connectivity index (χ0) is 29.8. The third-order valence-corrected chi connectivity index (χ3v) is 8.64. The van der Waals surface area contributed by atoms with Crippen LogP contribution in [0, 0.1) is 0 Å². The van der Waals surface area contributed by atoms with Gasteiger partial charge in [0.1, 0.15) is 11.0 Å². The first kappa shape index (κ1) is 28.1. The molecule has 0 bridgehead atoms. The van der Waals surface area contributed by atoms with Crippen LogP contribution < -0.4 is 15.4 Å². The van der Waals surface area contributed by atoms with Crippen LogP contribution in [0.4, 0.5) is 11.4 Å². The van der Waals surface area contributed by atoms with Crippen molar-refractivity contribution < 1.29 is 14.3 Å². The molecule has 2 amide bonds. The molecule has 0 saturated carbocycles. The highest BCUT2D eigenvalue weighted by Gasteiger charge is 2.23. The first-order chi connectivity index (χ1) is 21.0. The van der Waals surface area contributed by atoms with E-state index in [9.17, 15) is 9.59 Å². The summed E-state index contributed by atoms with van der Waals surface area (Å²) < 4.78 is 7.48. The number of carbonyl (C=O) groups is 2. The van der Waals surface area contributed by atoms with Crippen LogP contribution in [0.2, 0.25) is 0 Å². The number of carbonyl (C=O) groups excluding carboxylic acids is 2. The number of para-hydroxylation sites is 1. The Morgan fingerprint density at radius 2 is 1.47 bits per heavy atom. The standard InChI is InChI=1S/C36H31N3O3S/c1-3-39-32-15-8-7-14-30(32)31-23-27(18-21-33(31)39)38-36(41)34(24-10-5-4-6-11-24)43-29-13-9-12-26(22-29)37-35(40)25-16-19-28(42-2)20-17-25/h4-23,34H,3H2,1-2H3,(H,37,40)(H,38,41). The Labute approximate surface area is 254 Å². The molecule has 0 saturated heterocycles. The molecular weight excluding hydrogens is 554 g/mol. The predicted octanol–water partition coefficient (Wildman–Crippen LogP) is 8.55. The molecule has 6 rings (SSSR count). The molecule has 1 heterocycles. The number of ether oxygens (including phenoxy) is 1. The van der Waals surface area contributed by atoms with Gasteiger partial charge in [0, 0.05) is 50.2 Å². The quantitative estimate of drug-likeness (QED) is 0.167. The molecule has 43 heavy (non-hydrogen) atoms. The lowest BCUT2D eigenvalue weighted by molar-refractivity contribution is -0.115. The lowest BCUT2D eigenvalue weighted by Crippen LogP contribution is -2.19. The van der Waals surface area contributed by atoms with E-state index >= 15 is 0 Å². The normalized spacial score (nSPS) is 11.8. The summed E-state index contributed by atoms with van der Waals surface area (Å²) in [7, 11) is 1.59. The number of hydrogen-bond acceptors (Lipinski definition) is 4. The highest BCUT2D eigenvalue weighted by atomic mass is 32.2. The Kier molecular flexibility index (Phi) is 8.16. The van der Waals surface area contributed by atoms with Crippen molar-refractivity contribution >= 4 is 56.8 Å². The monoisotopic (exact) mass is 585 g/mol. The average molecular weight is 586 g/mol. The Morgan fingerprint density at radius 3 is 2.23 bits per heavy atom. The number of methoxy groups -OCH3 is 1. The van der Waals surface area contributed by atoms with E-state index in [0.717, 1.165) is 39.0 Å². The number of nitrogens with one attached hydrogen (secondary N) is 2. The molecule has 0 aliphatic rings. The van der Waals surface area contributed by atoms with E-state index < -0.39 is 5.25 Å². The largest absolute Gasteiger partial charge is 0.497 e. The molecule has 0 aliphatic carbocycles. The number of amides is 2. The SMILES string of the molecule is CCn1c2ccccc2c2cc(NC(=O)C(Sc3cccc(NC(=O)c4ccc(OC)cc4)c3)c3ccccc3)ccc21. The molecule has 0 spiro atoms. The minimum atomic E-state index is -0.513. The number of rotatable bonds is 9. The van der Waals surface area contributed by atoms with E-state index in [-0.39, 0.29) is 11.8 Å². The molecule has 1 aromatic heterocycles. The molecule has 6 nitrogen and oxygen atoms in total. The number of hydrogen-bond donors (Lipinski definition) is 2. The lowest BCUT2D eigenvalue weighted by Gasteiger charge is -2.18. The molecule has 5 aromatic carbocycles. The summed E-state index contributed by atoms with van der Waals surface area (Å²) in [4.78, 5) is 27.6. The van der Waals surface area contributed by atoms with E-state index in [4.69, 9.17) is 4.74 Å². The maximum Gasteiger partial charge on any atom is 0.255 e. The van der Waals surface area contributed by atoms with Gasteiger partial charge in [0.25, 0.3) is 5.91 Å². The van der Waals surface area contributed by atoms with E-state index in [1.54, 1.807) is 31.4 Å². The molecular formula is C36H31N3O3S. The molecule has 6 aromatic rings. The van der Waals surface area contributed by atoms with E-state index in [0.29, 0.717) is 17.0 Å². The number of anilines is 2. The van der Waals surface area contributed by atoms with Crippen LogP contribution in [-0.4, -0.2) is 23.5 Å². The van der Waals surface area contributed by atoms with Gasteiger partial charge in [-0.2, -0.15) is 0 Å². The Morgan fingerprint density at radius 1 is 0.744 bits per heavy atom. The number of aromatic nitrogens is 1. The van der Waals surface area contributed by atoms with Crippen molar-refractivity contribution in [3.8, 4) is 5.75 Å². The van der Waals surface area contributed by atoms with Gasteiger partial charge in [-0.15, -0.1) is 11.8 Å². The topological polar surface area (TPSA) is 72.4 Å². The van der Waals surface area contributed by atoms with Gasteiger partial charge in [-0.3, -0.25) is 9.59 Å². The zero-order valence-electron chi connectivity index (χ0n) is 23.9. The zero-order valence-corrected chi connectivity index (χ0v) is 24.7. The molecule has 1 atom stereocenters. The first-order valence-electron chi connectivity index (χ1n) is 14.1. The van der Waals surface area contributed by atoms with Crippen LogP contribution in [0.15, 0.2) is 126 Å². The summed E-state index contributed by atoms with van der Waals surface area (Å²) in [6, 6.07) is 38.7. The average Bonchev–Trinajstić information content (AvgIpc) is 3.37. The van der Waals surface area contributed by atoms with Gasteiger partial charge < -0.3 is 19.9 Å². The minimum absolute atomic E-state index is 0.123. The van der Waals surface area contributed by atoms with Gasteiger partial charge >= 0.3 is 0 Å². The lowest BCUT2D eigenvalue weighted by atomic mass is 10.1. The molecule has 0 aliphatic heterocycles. The van der Waals surface area contributed by atoms with Crippen LogP contribution in [0.1, 0.15) is 28.1 Å². The second kappa shape index (κ2) is 12.5. The van der Waals surface area contributed by atoms with E-state index in [2.05, 4.69) is 52.5 Å². The fourth-order valence-electron chi connectivity index (χ4n) is 5.31. The van der Waals surface area contributed by atoms with Crippen LogP contribution in [0.5, 0.6) is 5.75 Å². The maximum atomic E-state index is 13.9. The minimum Gasteiger partial charge on any atom is -0.497 e. The second-order valence-corrected chi connectivity index (χ2v) is 11.3. The van der Waals surface area contributed by atoms with Gasteiger partial charge in [-0.25, -0.2) is 0 Å². The Hall–Kier alpha value is -5.01. The van der Waals surface area contributed by atoms with Gasteiger partial charge in [0.05, 0.1) is 7.11 Å². The van der Waals surface area contributed by atoms with Crippen LogP contribution in [-0.2, 0) is 11.3 Å². The third-order valence-electron chi connectivity index (χ3n) is 7.39. The fourth-order valence-corrected chi connectivity index (χ4v) is 6.39. The summed E-state index contributed by atoms with van der Waals surface area (Å²) in [5.41, 5.74) is 5.14. The summed E-state index contributed by atoms with van der Waals surface area (Å²) in [6.07, 6.45) is 0. The number of fused-ring (bicyclic) bond motifs is 3. The van der Waals surface area contributed by atoms with Crippen molar-refractivity contribution in [2.75, 3.05) is 17.7 Å². The van der Waals surface area contributed by atoms with Gasteiger partial charge in [0.15, 0.2) is 0 Å². The maximum absolute atomic E-state index is 13.9. The van der Waals surface area contributed by atoms with Crippen LogP contribution in [0.3, 0.4) is 0 Å². The van der Waals surface area contributed by atoms with Crippen molar-refractivity contribution in [3.05, 3.63) is 132 Å². The van der Waals surface area contributed by atoms with Gasteiger partial charge in [0.2, 0.25) is 5.91 Å². The predicted molar refractivity (Wildman–Crippen MR) is 176 cm³/mol. The molecule has 0 radical (unpaired) electrons. The molecule has 2 N–H and O–H groups in total. The summed E-state index contributed by atoms with van der Waals surface area (Å²) in [5.74, 6) is 0.345. The van der Waals surface area contributed by atoms with Crippen molar-refractivity contribution in [2.45, 2.75) is 23.6 Å². The highest BCUT2D eigenvalue weighted by Crippen LogP contribution is 2.38. The Balaban J connectivity index is 1.25. The van der Waals surface area contributed by atoms with Crippen molar-refractivity contribution in [1.82, 2.24) is 4.57 Å². The van der Waals surface area contributed by atoms with Crippen molar-refractivity contribution in [1.29, 1.82) is 0 Å². The Bertz CT molecular complexity index is 1920. The summed E-state index contributed by atoms with van der Waals surface area (Å²) in [5, 5.41) is 7.90. The first-order valence-corrected chi connectivity index (χ1v) is 15.0. The smallest absolute Gasteiger partial charge is 0.255 e. The van der Waals surface area contributed by atoms with Gasteiger partial charge in [-0.1, -0.05) is 54.6 Å². The van der Waals surface area contributed by atoms with Gasteiger partial charge in [-0.05, 0) is 79.2 Å². The van der Waals surface area contributed by atoms with E-state index in [1.165, 1.54) is 17.3 Å². The van der Waals surface area contributed by atoms with Crippen LogP contribution >= 0.6 is 11.8 Å². The molecule has 1 unspecified atom stereocenters. The number of thioether (sulfide) groups is 1. The summed E-state index contributed by atoms with van der Waals surface area (Å²) >= 11 is 1.44. The number of benzene rings is 5. The third kappa shape index (κ3) is 5.98. The second-order valence-electron chi connectivity index (χ2n) is 10.1. The van der Waals surface area contributed by atoms with Crippen molar-refractivity contribution in [3.63, 3.8) is 0 Å². The highest BCUT2D eigenvalue weighted by molar-refractivity contribution is 8.00.